The van der Waals surface area contributed by atoms with Crippen LogP contribution in [-0.4, -0.2) is 111 Å². The molecule has 0 saturated heterocycles. The largest absolute Gasteiger partial charge is 0.476 e. The normalized spacial score (nSPS) is 11.3. The standard InChI is InChI=1S/C32H40FN5O4Si.C22H29FN4O3Si.C10H13NO2.FH/c1-22(2)38-20-34-29(24-10-12-25(33)13-11-24)30(38)31-36-27(19-37(31)21-42-17-18-43(4,5)6)32(40)35-26-14-7-23(8-15-26)9-16-28(39)41-3;1-15(2)27-13-24-19(16-6-8-17(23)9-7-16)20(27)21-25-18(22(28)29)12-26(21)14-30-10-11-31(3,4)5;1-13-10(12)7-4-8-2-5-9(11)6-3-8;/h7-8,10-15,19-20,22H,9,16-18,21H2,1-6H3,(H,35,40);6-9,12-13,15H,10-11,14H2,1-5H3,(H,28,29);2-3,5-6H,4,7,11H2,1H3;1H. The van der Waals surface area contributed by atoms with E-state index in [2.05, 4.69) is 64.3 Å². The van der Waals surface area contributed by atoms with Crippen LogP contribution in [0, 0.1) is 11.6 Å². The molecule has 4 aromatic heterocycles. The van der Waals surface area contributed by atoms with E-state index in [1.165, 1.54) is 44.7 Å². The molecule has 0 bridgehead atoms. The molecule has 0 unspecified atom stereocenters. The molecule has 4 N–H and O–H groups in total. The van der Waals surface area contributed by atoms with Gasteiger partial charge >= 0.3 is 17.9 Å². The van der Waals surface area contributed by atoms with Gasteiger partial charge in [0.05, 0.1) is 38.3 Å². The Kier molecular flexibility index (Phi) is 26.0. The van der Waals surface area contributed by atoms with E-state index in [-0.39, 0.29) is 77.5 Å². The van der Waals surface area contributed by atoms with Gasteiger partial charge in [-0.2, -0.15) is 0 Å². The number of halogens is 3. The van der Waals surface area contributed by atoms with Gasteiger partial charge in [-0.15, -0.1) is 0 Å². The molecule has 88 heavy (non-hydrogen) atoms. The van der Waals surface area contributed by atoms with Crippen molar-refractivity contribution in [2.45, 2.75) is 130 Å². The number of hydrogen-bond donors (Lipinski definition) is 3. The first-order valence-electron chi connectivity index (χ1n) is 28.8. The molecular formula is C64H83F3N10O9Si2. The highest BCUT2D eigenvalue weighted by molar-refractivity contribution is 6.76. The number of nitrogens with zero attached hydrogens (tertiary/aromatic N) is 8. The third kappa shape index (κ3) is 20.9. The van der Waals surface area contributed by atoms with Crippen molar-refractivity contribution in [2.75, 3.05) is 38.5 Å². The van der Waals surface area contributed by atoms with Crippen LogP contribution in [0.3, 0.4) is 0 Å². The average molecular weight is 1250 g/mol. The Hall–Kier alpha value is -8.46. The lowest BCUT2D eigenvalue weighted by atomic mass is 10.1. The highest BCUT2D eigenvalue weighted by Gasteiger charge is 2.27. The van der Waals surface area contributed by atoms with Crippen LogP contribution in [0.5, 0.6) is 0 Å². The Balaban J connectivity index is 0.000000272. The van der Waals surface area contributed by atoms with Gasteiger partial charge in [0.15, 0.2) is 17.3 Å². The van der Waals surface area contributed by atoms with Gasteiger partial charge < -0.3 is 53.4 Å². The predicted octanol–water partition coefficient (Wildman–Crippen LogP) is 13.5. The number of aromatic carboxylic acids is 1. The number of anilines is 2. The summed E-state index contributed by atoms with van der Waals surface area (Å²) in [7, 11) is 0.219. The van der Waals surface area contributed by atoms with Gasteiger partial charge in [0.25, 0.3) is 5.91 Å². The summed E-state index contributed by atoms with van der Waals surface area (Å²) in [4.78, 5) is 65.7. The van der Waals surface area contributed by atoms with Crippen molar-refractivity contribution in [3.63, 3.8) is 0 Å². The number of benzene rings is 4. The maximum Gasteiger partial charge on any atom is 0.356 e. The predicted molar refractivity (Wildman–Crippen MR) is 342 cm³/mol. The van der Waals surface area contributed by atoms with Gasteiger partial charge in [0.2, 0.25) is 0 Å². The SMILES string of the molecule is CC(C)n1cnc(-c2ccc(F)cc2)c1-c1nc(C(=O)O)cn1COCC[Si](C)(C)C.COC(=O)CCc1ccc(N)cc1.COC(=O)CCc1ccc(NC(=O)c2cn(COCC[Si](C)(C)C)c(-c3c(-c4ccc(F)cc4)ncn3C(C)C)n2)cc1.F. The fourth-order valence-corrected chi connectivity index (χ4v) is 10.1. The Morgan fingerprint density at radius 1 is 0.591 bits per heavy atom. The van der Waals surface area contributed by atoms with Crippen molar-refractivity contribution in [1.29, 1.82) is 0 Å². The number of aryl methyl sites for hydroxylation is 2. The van der Waals surface area contributed by atoms with E-state index in [9.17, 15) is 33.1 Å². The Morgan fingerprint density at radius 2 is 0.977 bits per heavy atom. The van der Waals surface area contributed by atoms with Crippen LogP contribution in [0.4, 0.5) is 24.9 Å². The summed E-state index contributed by atoms with van der Waals surface area (Å²) in [6.07, 6.45) is 8.57. The zero-order chi connectivity index (χ0) is 63.6. The van der Waals surface area contributed by atoms with Crippen LogP contribution < -0.4 is 11.1 Å². The summed E-state index contributed by atoms with van der Waals surface area (Å²) in [5.41, 5.74) is 13.2. The summed E-state index contributed by atoms with van der Waals surface area (Å²) in [6.45, 7) is 23.4. The number of rotatable bonds is 25. The molecule has 8 rings (SSSR count). The minimum absolute atomic E-state index is 0. The number of nitrogens with two attached hydrogens (primary N) is 1. The molecule has 0 atom stereocenters. The molecule has 0 aliphatic carbocycles. The van der Waals surface area contributed by atoms with Gasteiger partial charge in [0, 0.05) is 89.2 Å². The van der Waals surface area contributed by atoms with E-state index in [4.69, 9.17) is 24.9 Å². The smallest absolute Gasteiger partial charge is 0.356 e. The van der Waals surface area contributed by atoms with Gasteiger partial charge in [-0.25, -0.2) is 33.5 Å². The molecular weight excluding hydrogens is 1170 g/mol. The van der Waals surface area contributed by atoms with E-state index in [0.29, 0.717) is 72.6 Å². The van der Waals surface area contributed by atoms with Gasteiger partial charge in [-0.1, -0.05) is 63.5 Å². The zero-order valence-electron chi connectivity index (χ0n) is 52.3. The molecule has 0 aliphatic rings. The van der Waals surface area contributed by atoms with E-state index in [0.717, 1.165) is 40.0 Å². The third-order valence-electron chi connectivity index (χ3n) is 13.7. The number of ether oxygens (including phenoxy) is 4. The average Bonchev–Trinajstić information content (AvgIpc) is 1.68. The van der Waals surface area contributed by atoms with E-state index in [1.807, 2.05) is 77.8 Å². The van der Waals surface area contributed by atoms with Crippen LogP contribution in [-0.2, 0) is 54.8 Å². The van der Waals surface area contributed by atoms with Crippen molar-refractivity contribution in [3.05, 3.63) is 156 Å². The molecule has 0 aliphatic heterocycles. The number of hydrogen-bond acceptors (Lipinski definition) is 13. The molecule has 24 heteroatoms. The first-order valence-corrected chi connectivity index (χ1v) is 36.2. The molecule has 19 nitrogen and oxygen atoms in total. The summed E-state index contributed by atoms with van der Waals surface area (Å²) in [6, 6.07) is 29.2. The van der Waals surface area contributed by atoms with E-state index < -0.39 is 22.1 Å². The molecule has 0 spiro atoms. The first-order chi connectivity index (χ1) is 41.2. The highest BCUT2D eigenvalue weighted by Crippen LogP contribution is 2.35. The molecule has 472 valence electrons. The number of imidazole rings is 4. The minimum Gasteiger partial charge on any atom is -0.476 e. The topological polar surface area (TPSA) is 235 Å². The fraction of sp³-hybridized carbons (Fsp3) is 0.375. The van der Waals surface area contributed by atoms with Crippen molar-refractivity contribution in [2.24, 2.45) is 0 Å². The van der Waals surface area contributed by atoms with Crippen molar-refractivity contribution in [3.8, 4) is 45.6 Å². The Bertz CT molecular complexity index is 3540. The second-order valence-electron chi connectivity index (χ2n) is 23.8. The van der Waals surface area contributed by atoms with Crippen molar-refractivity contribution < 1.29 is 56.7 Å². The Labute approximate surface area is 514 Å². The third-order valence-corrected chi connectivity index (χ3v) is 17.1. The Morgan fingerprint density at radius 3 is 1.35 bits per heavy atom. The van der Waals surface area contributed by atoms with E-state index >= 15 is 0 Å². The number of carboxylic acid groups (broad SMARTS) is 1. The number of carbonyl (C=O) groups is 4. The molecule has 0 fully saturated rings. The van der Waals surface area contributed by atoms with E-state index in [1.54, 1.807) is 59.8 Å². The lowest BCUT2D eigenvalue weighted by molar-refractivity contribution is -0.141. The van der Waals surface area contributed by atoms with Crippen LogP contribution in [0.15, 0.2) is 122 Å². The van der Waals surface area contributed by atoms with Gasteiger partial charge in [-0.3, -0.25) is 19.1 Å². The minimum atomic E-state index is -1.30. The number of esters is 2. The van der Waals surface area contributed by atoms with Crippen LogP contribution in [0.25, 0.3) is 45.6 Å². The number of amides is 1. The molecule has 4 heterocycles. The van der Waals surface area contributed by atoms with Crippen LogP contribution >= 0.6 is 0 Å². The number of carboxylic acids is 1. The maximum atomic E-state index is 13.7. The summed E-state index contributed by atoms with van der Waals surface area (Å²) in [5.74, 6) is -1.62. The number of carbonyl (C=O) groups excluding carboxylic acids is 3. The zero-order valence-corrected chi connectivity index (χ0v) is 54.3. The summed E-state index contributed by atoms with van der Waals surface area (Å²) >= 11 is 0. The van der Waals surface area contributed by atoms with Gasteiger partial charge in [0.1, 0.15) is 42.2 Å². The molecule has 0 saturated carbocycles. The van der Waals surface area contributed by atoms with Crippen LogP contribution in [0.1, 0.15) is 84.7 Å². The fourth-order valence-electron chi connectivity index (χ4n) is 8.62. The molecule has 1 amide bonds. The monoisotopic (exact) mass is 1250 g/mol. The van der Waals surface area contributed by atoms with Gasteiger partial charge in [-0.05, 0) is 137 Å². The highest BCUT2D eigenvalue weighted by atomic mass is 28.3. The summed E-state index contributed by atoms with van der Waals surface area (Å²) < 4.78 is 55.9. The number of nitrogen functional groups attached to an aromatic ring is 1. The number of aromatic nitrogens is 8. The lowest BCUT2D eigenvalue weighted by Gasteiger charge is -2.17. The quantitative estimate of drug-likeness (QED) is 0.0209. The second-order valence-corrected chi connectivity index (χ2v) is 35.0. The second kappa shape index (κ2) is 32.5. The summed E-state index contributed by atoms with van der Waals surface area (Å²) in [5, 5.41) is 12.4. The molecule has 0 radical (unpaired) electrons. The molecule has 4 aromatic carbocycles. The van der Waals surface area contributed by atoms with Crippen molar-refractivity contribution >= 4 is 51.3 Å². The maximum absolute atomic E-state index is 13.7. The first kappa shape index (κ1) is 70.3. The number of nitrogens with one attached hydrogen (secondary N) is 1. The van der Waals surface area contributed by atoms with Crippen LogP contribution in [0.2, 0.25) is 51.4 Å². The number of methoxy groups -OCH3 is 2. The van der Waals surface area contributed by atoms with Crippen molar-refractivity contribution in [1.82, 2.24) is 38.2 Å². The molecule has 8 aromatic rings. The lowest BCUT2D eigenvalue weighted by Crippen LogP contribution is -2.22.